The molecule has 1 aromatic rings. The molecule has 1 aliphatic rings. The van der Waals surface area contributed by atoms with Crippen LogP contribution >= 0.6 is 0 Å². The summed E-state index contributed by atoms with van der Waals surface area (Å²) in [4.78, 5) is 0. The Hall–Kier alpha value is -1.03. The number of halogens is 3. The summed E-state index contributed by atoms with van der Waals surface area (Å²) in [5.41, 5.74) is 2.60. The molecule has 0 radical (unpaired) electrons. The Morgan fingerprint density at radius 3 is 2.63 bits per heavy atom. The first-order valence-corrected chi connectivity index (χ1v) is 6.67. The van der Waals surface area contributed by atoms with E-state index in [0.717, 1.165) is 6.42 Å². The second kappa shape index (κ2) is 5.16. The molecule has 0 spiro atoms. The molecule has 1 aromatic carbocycles. The Kier molecular flexibility index (Phi) is 3.90. The van der Waals surface area contributed by atoms with Gasteiger partial charge in [-0.3, -0.25) is 0 Å². The molecule has 0 fully saturated rings. The summed E-state index contributed by atoms with van der Waals surface area (Å²) in [5, 5.41) is 3.30. The molecular weight excluding hydrogens is 251 g/mol. The normalized spacial score (nSPS) is 21.4. The Balaban J connectivity index is 1.96. The molecule has 4 heteroatoms. The first-order valence-electron chi connectivity index (χ1n) is 6.67. The lowest BCUT2D eigenvalue weighted by molar-refractivity contribution is -0.135. The summed E-state index contributed by atoms with van der Waals surface area (Å²) in [6, 6.07) is 8.34. The minimum Gasteiger partial charge on any atom is -0.309 e. The lowest BCUT2D eigenvalue weighted by atomic mass is 9.85. The predicted molar refractivity (Wildman–Crippen MR) is 70.0 cm³/mol. The van der Waals surface area contributed by atoms with Crippen molar-refractivity contribution in [2.75, 3.05) is 6.54 Å². The van der Waals surface area contributed by atoms with E-state index in [1.54, 1.807) is 0 Å². The number of nitrogens with one attached hydrogen (secondary N) is 1. The highest BCUT2D eigenvalue weighted by atomic mass is 19.4. The van der Waals surface area contributed by atoms with Crippen molar-refractivity contribution in [3.8, 4) is 0 Å². The molecule has 1 aliphatic carbocycles. The minimum atomic E-state index is -4.05. The third-order valence-electron chi connectivity index (χ3n) is 3.78. The third kappa shape index (κ3) is 3.50. The van der Waals surface area contributed by atoms with Crippen LogP contribution in [0.5, 0.6) is 0 Å². The molecule has 0 heterocycles. The topological polar surface area (TPSA) is 12.0 Å². The predicted octanol–water partition coefficient (Wildman–Crippen LogP) is 4.24. The fraction of sp³-hybridized carbons (Fsp3) is 0.600. The van der Waals surface area contributed by atoms with E-state index in [1.807, 2.05) is 12.1 Å². The van der Waals surface area contributed by atoms with Gasteiger partial charge in [-0.1, -0.05) is 38.1 Å². The fourth-order valence-electron chi connectivity index (χ4n) is 2.91. The van der Waals surface area contributed by atoms with Crippen molar-refractivity contribution < 1.29 is 13.2 Å². The quantitative estimate of drug-likeness (QED) is 0.808. The summed E-state index contributed by atoms with van der Waals surface area (Å²) in [6.45, 7) is 4.73. The first-order chi connectivity index (χ1) is 8.80. The number of alkyl halides is 3. The van der Waals surface area contributed by atoms with Crippen LogP contribution in [0.1, 0.15) is 43.9 Å². The zero-order chi connectivity index (χ0) is 14.1. The summed E-state index contributed by atoms with van der Waals surface area (Å²) in [6.07, 6.45) is -3.65. The van der Waals surface area contributed by atoms with Gasteiger partial charge in [0.05, 0.1) is 0 Å². The maximum absolute atomic E-state index is 12.1. The molecule has 0 saturated heterocycles. The zero-order valence-electron chi connectivity index (χ0n) is 11.3. The van der Waals surface area contributed by atoms with Gasteiger partial charge >= 0.3 is 6.18 Å². The lowest BCUT2D eigenvalue weighted by Crippen LogP contribution is -2.32. The van der Waals surface area contributed by atoms with E-state index in [1.165, 1.54) is 11.1 Å². The molecule has 19 heavy (non-hydrogen) atoms. The van der Waals surface area contributed by atoms with Gasteiger partial charge in [0.15, 0.2) is 0 Å². The van der Waals surface area contributed by atoms with Crippen LogP contribution in [0.4, 0.5) is 13.2 Å². The molecule has 1 atom stereocenters. The molecule has 0 aromatic heterocycles. The van der Waals surface area contributed by atoms with Gasteiger partial charge in [0.2, 0.25) is 0 Å². The van der Waals surface area contributed by atoms with Crippen molar-refractivity contribution >= 4 is 0 Å². The standard InChI is InChI=1S/C15H20F3N/c1-14(2)10-11-6-3-4-7-12(11)13(14)19-9-5-8-15(16,17)18/h3-4,6-7,13,19H,5,8-10H2,1-2H3. The lowest BCUT2D eigenvalue weighted by Gasteiger charge is -2.28. The van der Waals surface area contributed by atoms with E-state index in [4.69, 9.17) is 0 Å². The molecule has 0 aliphatic heterocycles. The van der Waals surface area contributed by atoms with Gasteiger partial charge in [-0.15, -0.1) is 0 Å². The van der Waals surface area contributed by atoms with Gasteiger partial charge in [0, 0.05) is 12.5 Å². The number of rotatable bonds is 4. The van der Waals surface area contributed by atoms with Gasteiger partial charge in [-0.2, -0.15) is 13.2 Å². The largest absolute Gasteiger partial charge is 0.389 e. The Morgan fingerprint density at radius 1 is 1.26 bits per heavy atom. The van der Waals surface area contributed by atoms with E-state index >= 15 is 0 Å². The number of hydrogen-bond donors (Lipinski definition) is 1. The van der Waals surface area contributed by atoms with Crippen molar-refractivity contribution in [3.05, 3.63) is 35.4 Å². The van der Waals surface area contributed by atoms with Crippen molar-refractivity contribution in [1.82, 2.24) is 5.32 Å². The van der Waals surface area contributed by atoms with Crippen LogP contribution in [0.25, 0.3) is 0 Å². The van der Waals surface area contributed by atoms with Gasteiger partial charge in [0.25, 0.3) is 0 Å². The fourth-order valence-corrected chi connectivity index (χ4v) is 2.91. The molecule has 1 N–H and O–H groups in total. The van der Waals surface area contributed by atoms with Gasteiger partial charge in [-0.25, -0.2) is 0 Å². The van der Waals surface area contributed by atoms with Crippen LogP contribution in [0.2, 0.25) is 0 Å². The van der Waals surface area contributed by atoms with E-state index in [2.05, 4.69) is 31.3 Å². The summed E-state index contributed by atoms with van der Waals surface area (Å²) in [7, 11) is 0. The average Bonchev–Trinajstić information content (AvgIpc) is 2.53. The van der Waals surface area contributed by atoms with E-state index in [-0.39, 0.29) is 17.9 Å². The van der Waals surface area contributed by atoms with Gasteiger partial charge in [0.1, 0.15) is 0 Å². The summed E-state index contributed by atoms with van der Waals surface area (Å²) < 4.78 is 36.4. The molecule has 1 nitrogen and oxygen atoms in total. The molecule has 0 bridgehead atoms. The van der Waals surface area contributed by atoms with Gasteiger partial charge in [-0.05, 0) is 35.9 Å². The van der Waals surface area contributed by atoms with Crippen LogP contribution < -0.4 is 5.32 Å². The average molecular weight is 271 g/mol. The van der Waals surface area contributed by atoms with E-state index in [9.17, 15) is 13.2 Å². The van der Waals surface area contributed by atoms with Crippen LogP contribution in [-0.2, 0) is 6.42 Å². The summed E-state index contributed by atoms with van der Waals surface area (Å²) in [5.74, 6) is 0. The van der Waals surface area contributed by atoms with Crippen LogP contribution in [0.15, 0.2) is 24.3 Å². The maximum Gasteiger partial charge on any atom is 0.389 e. The van der Waals surface area contributed by atoms with Crippen molar-refractivity contribution in [3.63, 3.8) is 0 Å². The molecule has 2 rings (SSSR count). The minimum absolute atomic E-state index is 0.0575. The van der Waals surface area contributed by atoms with E-state index in [0.29, 0.717) is 6.54 Å². The first kappa shape index (κ1) is 14.4. The number of benzene rings is 1. The van der Waals surface area contributed by atoms with Crippen LogP contribution in [0.3, 0.4) is 0 Å². The highest BCUT2D eigenvalue weighted by Gasteiger charge is 2.38. The molecular formula is C15H20F3N. The second-order valence-corrected chi connectivity index (χ2v) is 5.97. The zero-order valence-corrected chi connectivity index (χ0v) is 11.3. The van der Waals surface area contributed by atoms with Crippen molar-refractivity contribution in [2.45, 2.75) is 45.3 Å². The monoisotopic (exact) mass is 271 g/mol. The molecule has 0 amide bonds. The second-order valence-electron chi connectivity index (χ2n) is 5.97. The highest BCUT2D eigenvalue weighted by Crippen LogP contribution is 2.44. The van der Waals surface area contributed by atoms with E-state index < -0.39 is 12.6 Å². The molecule has 1 unspecified atom stereocenters. The maximum atomic E-state index is 12.1. The highest BCUT2D eigenvalue weighted by molar-refractivity contribution is 5.37. The van der Waals surface area contributed by atoms with Crippen LogP contribution in [0, 0.1) is 5.41 Å². The molecule has 106 valence electrons. The number of hydrogen-bond acceptors (Lipinski definition) is 1. The SMILES string of the molecule is CC1(C)Cc2ccccc2C1NCCCC(F)(F)F. The summed E-state index contributed by atoms with van der Waals surface area (Å²) >= 11 is 0. The Morgan fingerprint density at radius 2 is 1.95 bits per heavy atom. The van der Waals surface area contributed by atoms with Crippen LogP contribution in [-0.4, -0.2) is 12.7 Å². The third-order valence-corrected chi connectivity index (χ3v) is 3.78. The van der Waals surface area contributed by atoms with Crippen molar-refractivity contribution in [2.24, 2.45) is 5.41 Å². The number of fused-ring (bicyclic) bond motifs is 1. The molecule has 0 saturated carbocycles. The van der Waals surface area contributed by atoms with Crippen molar-refractivity contribution in [1.29, 1.82) is 0 Å². The Labute approximate surface area is 112 Å². The smallest absolute Gasteiger partial charge is 0.309 e. The Bertz CT molecular complexity index is 437. The van der Waals surface area contributed by atoms with Gasteiger partial charge < -0.3 is 5.32 Å².